The van der Waals surface area contributed by atoms with Gasteiger partial charge in [-0.05, 0) is 30.3 Å². The first kappa shape index (κ1) is 12.4. The van der Waals surface area contributed by atoms with Crippen molar-refractivity contribution < 1.29 is 8.78 Å². The monoisotopic (exact) mass is 268 g/mol. The fraction of sp³-hybridized carbons (Fsp3) is 0.0625. The van der Waals surface area contributed by atoms with Crippen molar-refractivity contribution in [3.05, 3.63) is 71.4 Å². The van der Waals surface area contributed by atoms with Gasteiger partial charge in [0.15, 0.2) is 11.6 Å². The number of hydrogen-bond donors (Lipinski definition) is 0. The molecule has 0 amide bonds. The van der Waals surface area contributed by atoms with Crippen LogP contribution >= 0.6 is 0 Å². The summed E-state index contributed by atoms with van der Waals surface area (Å²) in [6.45, 7) is 0.249. The number of rotatable bonds is 2. The van der Waals surface area contributed by atoms with Crippen molar-refractivity contribution in [2.24, 2.45) is 0 Å². The summed E-state index contributed by atoms with van der Waals surface area (Å²) in [5, 5.41) is 9.76. The third-order valence-corrected chi connectivity index (χ3v) is 3.27. The number of nitrogens with zero attached hydrogens (tertiary/aromatic N) is 2. The highest BCUT2D eigenvalue weighted by Gasteiger charge is 2.09. The van der Waals surface area contributed by atoms with Crippen molar-refractivity contribution in [1.29, 1.82) is 5.26 Å². The number of benzene rings is 2. The minimum atomic E-state index is -0.842. The summed E-state index contributed by atoms with van der Waals surface area (Å²) >= 11 is 0. The van der Waals surface area contributed by atoms with Crippen molar-refractivity contribution in [3.63, 3.8) is 0 Å². The Labute approximate surface area is 114 Å². The van der Waals surface area contributed by atoms with Gasteiger partial charge in [-0.25, -0.2) is 8.78 Å². The Kier molecular flexibility index (Phi) is 2.96. The molecule has 0 spiro atoms. The van der Waals surface area contributed by atoms with Gasteiger partial charge in [-0.1, -0.05) is 12.1 Å². The molecule has 20 heavy (non-hydrogen) atoms. The maximum absolute atomic E-state index is 13.7. The van der Waals surface area contributed by atoms with Crippen LogP contribution in [0.5, 0.6) is 0 Å². The van der Waals surface area contributed by atoms with Gasteiger partial charge in [0.1, 0.15) is 0 Å². The number of fused-ring (bicyclic) bond motifs is 1. The second-order valence-corrected chi connectivity index (χ2v) is 4.54. The van der Waals surface area contributed by atoms with E-state index in [1.54, 1.807) is 24.4 Å². The largest absolute Gasteiger partial charge is 0.343 e. The second-order valence-electron chi connectivity index (χ2n) is 4.54. The lowest BCUT2D eigenvalue weighted by atomic mass is 10.1. The Morgan fingerprint density at radius 3 is 2.75 bits per heavy atom. The van der Waals surface area contributed by atoms with Crippen LogP contribution in [0, 0.1) is 23.0 Å². The minimum Gasteiger partial charge on any atom is -0.343 e. The first-order valence-electron chi connectivity index (χ1n) is 6.11. The normalized spacial score (nSPS) is 10.7. The summed E-state index contributed by atoms with van der Waals surface area (Å²) in [6.07, 6.45) is 1.80. The third-order valence-electron chi connectivity index (χ3n) is 3.27. The maximum Gasteiger partial charge on any atom is 0.163 e. The molecule has 0 aliphatic rings. The molecule has 0 atom stereocenters. The molecule has 98 valence electrons. The van der Waals surface area contributed by atoms with E-state index in [4.69, 9.17) is 5.26 Å². The van der Waals surface area contributed by atoms with Crippen molar-refractivity contribution >= 4 is 10.9 Å². The molecule has 0 aliphatic carbocycles. The van der Waals surface area contributed by atoms with Crippen LogP contribution in [0.1, 0.15) is 11.1 Å². The maximum atomic E-state index is 13.7. The van der Waals surface area contributed by atoms with Crippen molar-refractivity contribution in [2.75, 3.05) is 0 Å². The summed E-state index contributed by atoms with van der Waals surface area (Å²) in [6, 6.07) is 13.4. The topological polar surface area (TPSA) is 28.7 Å². The number of nitriles is 1. The highest BCUT2D eigenvalue weighted by atomic mass is 19.2. The number of halogens is 2. The van der Waals surface area contributed by atoms with E-state index < -0.39 is 11.6 Å². The molecule has 1 heterocycles. The van der Waals surface area contributed by atoms with Gasteiger partial charge in [-0.2, -0.15) is 5.26 Å². The highest BCUT2D eigenvalue weighted by Crippen LogP contribution is 2.20. The zero-order valence-electron chi connectivity index (χ0n) is 10.5. The van der Waals surface area contributed by atoms with Gasteiger partial charge in [0, 0.05) is 22.7 Å². The molecule has 3 aromatic rings. The predicted molar refractivity (Wildman–Crippen MR) is 72.1 cm³/mol. The molecule has 2 aromatic carbocycles. The molecule has 1 aromatic heterocycles. The molecule has 4 heteroatoms. The quantitative estimate of drug-likeness (QED) is 0.694. The summed E-state index contributed by atoms with van der Waals surface area (Å²) < 4.78 is 28.7. The van der Waals surface area contributed by atoms with Crippen LogP contribution in [0.3, 0.4) is 0 Å². The average Bonchev–Trinajstić information content (AvgIpc) is 2.86. The molecule has 0 saturated carbocycles. The molecule has 0 bridgehead atoms. The fourth-order valence-electron chi connectivity index (χ4n) is 2.26. The van der Waals surface area contributed by atoms with Crippen molar-refractivity contribution in [1.82, 2.24) is 4.57 Å². The molecule has 0 radical (unpaired) electrons. The van der Waals surface area contributed by atoms with Gasteiger partial charge in [0.25, 0.3) is 0 Å². The lowest BCUT2D eigenvalue weighted by Crippen LogP contribution is -2.02. The zero-order valence-corrected chi connectivity index (χ0v) is 10.5. The molecule has 0 N–H and O–H groups in total. The van der Waals surface area contributed by atoms with Crippen molar-refractivity contribution in [2.45, 2.75) is 6.54 Å². The summed E-state index contributed by atoms with van der Waals surface area (Å²) in [5.41, 5.74) is 1.76. The van der Waals surface area contributed by atoms with E-state index in [9.17, 15) is 8.78 Å². The van der Waals surface area contributed by atoms with E-state index in [0.717, 1.165) is 17.0 Å². The van der Waals surface area contributed by atoms with Gasteiger partial charge in [0.05, 0.1) is 18.2 Å². The Morgan fingerprint density at radius 1 is 1.10 bits per heavy atom. The standard InChI is InChI=1S/C16H10F2N2/c17-14-3-1-2-13(16(14)18)10-20-7-6-12-8-11(9-19)4-5-15(12)20/h1-8H,10H2. The van der Waals surface area contributed by atoms with E-state index in [1.807, 2.05) is 16.7 Å². The van der Waals surface area contributed by atoms with Crippen LogP contribution in [0.25, 0.3) is 10.9 Å². The molecule has 0 fully saturated rings. The third kappa shape index (κ3) is 2.04. The lowest BCUT2D eigenvalue weighted by Gasteiger charge is -2.07. The van der Waals surface area contributed by atoms with Crippen LogP contribution < -0.4 is 0 Å². The van der Waals surface area contributed by atoms with Gasteiger partial charge in [-0.15, -0.1) is 0 Å². The van der Waals surface area contributed by atoms with E-state index in [0.29, 0.717) is 11.1 Å². The average molecular weight is 268 g/mol. The SMILES string of the molecule is N#Cc1ccc2c(ccn2Cc2cccc(F)c2F)c1. The minimum absolute atomic E-state index is 0.249. The molecule has 2 nitrogen and oxygen atoms in total. The molecule has 0 unspecified atom stereocenters. The van der Waals surface area contributed by atoms with E-state index in [2.05, 4.69) is 6.07 Å². The first-order chi connectivity index (χ1) is 9.69. The van der Waals surface area contributed by atoms with Crippen molar-refractivity contribution in [3.8, 4) is 6.07 Å². The predicted octanol–water partition coefficient (Wildman–Crippen LogP) is 3.84. The van der Waals surface area contributed by atoms with Gasteiger partial charge in [-0.3, -0.25) is 0 Å². The molecule has 0 saturated heterocycles. The highest BCUT2D eigenvalue weighted by molar-refractivity contribution is 5.81. The molecule has 3 rings (SSSR count). The molecular formula is C16H10F2N2. The van der Waals surface area contributed by atoms with Gasteiger partial charge >= 0.3 is 0 Å². The van der Waals surface area contributed by atoms with Crippen LogP contribution in [-0.4, -0.2) is 4.57 Å². The summed E-state index contributed by atoms with van der Waals surface area (Å²) in [4.78, 5) is 0. The fourth-order valence-corrected chi connectivity index (χ4v) is 2.26. The Balaban J connectivity index is 2.03. The summed E-state index contributed by atoms with van der Waals surface area (Å²) in [5.74, 6) is -1.66. The first-order valence-corrected chi connectivity index (χ1v) is 6.11. The van der Waals surface area contributed by atoms with E-state index in [-0.39, 0.29) is 6.54 Å². The van der Waals surface area contributed by atoms with Gasteiger partial charge < -0.3 is 4.57 Å². The molecular weight excluding hydrogens is 258 g/mol. The smallest absolute Gasteiger partial charge is 0.163 e. The Hall–Kier alpha value is -2.67. The summed E-state index contributed by atoms with van der Waals surface area (Å²) in [7, 11) is 0. The van der Waals surface area contributed by atoms with Crippen LogP contribution in [0.15, 0.2) is 48.7 Å². The van der Waals surface area contributed by atoms with E-state index in [1.165, 1.54) is 6.07 Å². The number of hydrogen-bond acceptors (Lipinski definition) is 1. The van der Waals surface area contributed by atoms with Crippen LogP contribution in [0.2, 0.25) is 0 Å². The number of aromatic nitrogens is 1. The van der Waals surface area contributed by atoms with Crippen LogP contribution in [0.4, 0.5) is 8.78 Å². The Morgan fingerprint density at radius 2 is 1.95 bits per heavy atom. The second kappa shape index (κ2) is 4.78. The lowest BCUT2D eigenvalue weighted by molar-refractivity contribution is 0.496. The Bertz CT molecular complexity index is 828. The van der Waals surface area contributed by atoms with Gasteiger partial charge in [0.2, 0.25) is 0 Å². The van der Waals surface area contributed by atoms with Crippen LogP contribution in [-0.2, 0) is 6.54 Å². The van der Waals surface area contributed by atoms with E-state index >= 15 is 0 Å². The zero-order chi connectivity index (χ0) is 14.1. The molecule has 0 aliphatic heterocycles.